The van der Waals surface area contributed by atoms with Crippen LogP contribution in [0.15, 0.2) is 22.2 Å². The maximum Gasteiger partial charge on any atom is 0.170 e. The first-order valence-corrected chi connectivity index (χ1v) is 6.18. The molecule has 7 heteroatoms. The van der Waals surface area contributed by atoms with E-state index >= 15 is 0 Å². The Bertz CT molecular complexity index is 432. The van der Waals surface area contributed by atoms with Gasteiger partial charge in [-0.2, -0.15) is 0 Å². The zero-order valence-electron chi connectivity index (χ0n) is 9.73. The molecule has 1 aromatic rings. The van der Waals surface area contributed by atoms with Crippen molar-refractivity contribution in [1.29, 1.82) is 0 Å². The molecule has 1 aromatic carbocycles. The highest BCUT2D eigenvalue weighted by Crippen LogP contribution is 2.27. The minimum absolute atomic E-state index is 0.0212. The van der Waals surface area contributed by atoms with Crippen LogP contribution in [0.2, 0.25) is 0 Å². The maximum absolute atomic E-state index is 13.6. The van der Waals surface area contributed by atoms with Crippen LogP contribution in [0, 0.1) is 17.6 Å². The van der Waals surface area contributed by atoms with E-state index in [1.807, 2.05) is 0 Å². The number of aliphatic hydroxyl groups excluding tert-OH is 1. The topological polar surface area (TPSA) is 78.8 Å². The molecule has 18 heavy (non-hydrogen) atoms. The smallest absolute Gasteiger partial charge is 0.170 e. The van der Waals surface area contributed by atoms with Crippen LogP contribution in [0.25, 0.3) is 0 Å². The molecular weight excluding hydrogens is 262 g/mol. The van der Waals surface area contributed by atoms with Gasteiger partial charge >= 0.3 is 0 Å². The standard InChI is InChI=1S/C11H14F2N2O2S/c1-6(4-16)5-18-10-8(12)2-7(3-9(10)13)11(14)15-17/h2-3,6,16-17H,4-5H2,1H3,(H2,14,15). The Hall–Kier alpha value is -1.34. The van der Waals surface area contributed by atoms with Crippen LogP contribution >= 0.6 is 11.8 Å². The van der Waals surface area contributed by atoms with Gasteiger partial charge < -0.3 is 16.0 Å². The van der Waals surface area contributed by atoms with Gasteiger partial charge in [-0.1, -0.05) is 12.1 Å². The summed E-state index contributed by atoms with van der Waals surface area (Å²) in [6, 6.07) is 2.01. The molecule has 4 N–H and O–H groups in total. The van der Waals surface area contributed by atoms with E-state index in [4.69, 9.17) is 16.0 Å². The number of halogens is 2. The molecule has 0 saturated heterocycles. The van der Waals surface area contributed by atoms with Crippen LogP contribution in [0.5, 0.6) is 0 Å². The molecule has 100 valence electrons. The van der Waals surface area contributed by atoms with Crippen LogP contribution in [-0.2, 0) is 0 Å². The highest BCUT2D eigenvalue weighted by Gasteiger charge is 2.14. The Balaban J connectivity index is 2.95. The second kappa shape index (κ2) is 6.55. The fourth-order valence-corrected chi connectivity index (χ4v) is 2.13. The molecule has 0 radical (unpaired) electrons. The molecule has 0 amide bonds. The quantitative estimate of drug-likeness (QED) is 0.252. The minimum Gasteiger partial charge on any atom is -0.409 e. The van der Waals surface area contributed by atoms with Gasteiger partial charge in [-0.05, 0) is 18.1 Å². The Morgan fingerprint density at radius 2 is 2.00 bits per heavy atom. The number of amidine groups is 1. The number of hydrogen-bond donors (Lipinski definition) is 3. The highest BCUT2D eigenvalue weighted by molar-refractivity contribution is 7.99. The molecule has 0 fully saturated rings. The van der Waals surface area contributed by atoms with Gasteiger partial charge in [0.05, 0.1) is 4.90 Å². The lowest BCUT2D eigenvalue weighted by molar-refractivity contribution is 0.250. The van der Waals surface area contributed by atoms with Gasteiger partial charge in [-0.3, -0.25) is 0 Å². The van der Waals surface area contributed by atoms with E-state index in [0.29, 0.717) is 5.75 Å². The number of hydrogen-bond acceptors (Lipinski definition) is 4. The second-order valence-corrected chi connectivity index (χ2v) is 4.88. The fraction of sp³-hybridized carbons (Fsp3) is 0.364. The zero-order chi connectivity index (χ0) is 13.7. The van der Waals surface area contributed by atoms with E-state index in [9.17, 15) is 8.78 Å². The molecule has 0 aliphatic carbocycles. The van der Waals surface area contributed by atoms with Gasteiger partial charge in [0.15, 0.2) is 5.84 Å². The maximum atomic E-state index is 13.6. The predicted octanol–water partition coefficient (Wildman–Crippen LogP) is 1.78. The van der Waals surface area contributed by atoms with Gasteiger partial charge in [-0.15, -0.1) is 11.8 Å². The van der Waals surface area contributed by atoms with Crippen LogP contribution < -0.4 is 5.73 Å². The largest absolute Gasteiger partial charge is 0.409 e. The highest BCUT2D eigenvalue weighted by atomic mass is 32.2. The van der Waals surface area contributed by atoms with Gasteiger partial charge in [0.2, 0.25) is 0 Å². The van der Waals surface area contributed by atoms with Gasteiger partial charge in [0.25, 0.3) is 0 Å². The molecule has 1 atom stereocenters. The lowest BCUT2D eigenvalue weighted by Gasteiger charge is -2.10. The summed E-state index contributed by atoms with van der Waals surface area (Å²) in [4.78, 5) is -0.134. The SMILES string of the molecule is CC(CO)CSc1c(F)cc(C(N)=NO)cc1F. The molecule has 4 nitrogen and oxygen atoms in total. The third-order valence-corrected chi connectivity index (χ3v) is 3.64. The Morgan fingerprint density at radius 3 is 2.44 bits per heavy atom. The van der Waals surface area contributed by atoms with Crippen molar-refractivity contribution in [1.82, 2.24) is 0 Å². The number of nitrogens with two attached hydrogens (primary N) is 1. The molecule has 1 unspecified atom stereocenters. The van der Waals surface area contributed by atoms with Gasteiger partial charge in [0.1, 0.15) is 11.6 Å². The third-order valence-electron chi connectivity index (χ3n) is 2.23. The van der Waals surface area contributed by atoms with Crippen molar-refractivity contribution in [3.63, 3.8) is 0 Å². The molecular formula is C11H14F2N2O2S. The molecule has 0 spiro atoms. The Morgan fingerprint density at radius 1 is 1.44 bits per heavy atom. The summed E-state index contributed by atoms with van der Waals surface area (Å²) in [5.74, 6) is -1.56. The van der Waals surface area contributed by atoms with Crippen LogP contribution in [0.3, 0.4) is 0 Å². The van der Waals surface area contributed by atoms with Crippen molar-refractivity contribution in [2.75, 3.05) is 12.4 Å². The minimum atomic E-state index is -0.772. The number of rotatable bonds is 5. The average Bonchev–Trinajstić information content (AvgIpc) is 2.36. The molecule has 0 bridgehead atoms. The summed E-state index contributed by atoms with van der Waals surface area (Å²) < 4.78 is 27.3. The Kier molecular flexibility index (Phi) is 5.36. The fourth-order valence-electron chi connectivity index (χ4n) is 1.18. The summed E-state index contributed by atoms with van der Waals surface area (Å²) >= 11 is 0.981. The first kappa shape index (κ1) is 14.7. The van der Waals surface area contributed by atoms with Gasteiger partial charge in [0, 0.05) is 17.9 Å². The number of oxime groups is 1. The van der Waals surface area contributed by atoms with E-state index in [1.54, 1.807) is 6.92 Å². The van der Waals surface area contributed by atoms with E-state index in [-0.39, 0.29) is 28.8 Å². The summed E-state index contributed by atoms with van der Waals surface area (Å²) in [6.45, 7) is 1.73. The second-order valence-electron chi connectivity index (χ2n) is 3.85. The van der Waals surface area contributed by atoms with Gasteiger partial charge in [-0.25, -0.2) is 8.78 Å². The van der Waals surface area contributed by atoms with Crippen molar-refractivity contribution in [3.05, 3.63) is 29.3 Å². The Labute approximate surface area is 107 Å². The van der Waals surface area contributed by atoms with Crippen molar-refractivity contribution in [2.24, 2.45) is 16.8 Å². The third kappa shape index (κ3) is 3.58. The predicted molar refractivity (Wildman–Crippen MR) is 65.8 cm³/mol. The average molecular weight is 276 g/mol. The molecule has 0 aromatic heterocycles. The number of nitrogens with zero attached hydrogens (tertiary/aromatic N) is 1. The first-order valence-electron chi connectivity index (χ1n) is 5.20. The van der Waals surface area contributed by atoms with Crippen molar-refractivity contribution in [2.45, 2.75) is 11.8 Å². The van der Waals surface area contributed by atoms with Crippen LogP contribution in [0.1, 0.15) is 12.5 Å². The first-order chi connectivity index (χ1) is 8.49. The molecule has 0 aliphatic rings. The summed E-state index contributed by atoms with van der Waals surface area (Å²) in [6.07, 6.45) is 0. The normalized spacial score (nSPS) is 13.7. The van der Waals surface area contributed by atoms with Crippen molar-refractivity contribution < 1.29 is 19.1 Å². The monoisotopic (exact) mass is 276 g/mol. The molecule has 0 heterocycles. The lowest BCUT2D eigenvalue weighted by atomic mass is 10.2. The van der Waals surface area contributed by atoms with Crippen molar-refractivity contribution >= 4 is 17.6 Å². The molecule has 0 aliphatic heterocycles. The summed E-state index contributed by atoms with van der Waals surface area (Å²) in [5, 5.41) is 20.0. The summed E-state index contributed by atoms with van der Waals surface area (Å²) in [5.41, 5.74) is 5.23. The molecule has 1 rings (SSSR count). The van der Waals surface area contributed by atoms with E-state index in [0.717, 1.165) is 23.9 Å². The molecule has 0 saturated carbocycles. The van der Waals surface area contributed by atoms with E-state index in [2.05, 4.69) is 5.16 Å². The van der Waals surface area contributed by atoms with Crippen LogP contribution in [-0.4, -0.2) is 28.5 Å². The van der Waals surface area contributed by atoms with Crippen molar-refractivity contribution in [3.8, 4) is 0 Å². The summed E-state index contributed by atoms with van der Waals surface area (Å²) in [7, 11) is 0. The number of thioether (sulfide) groups is 1. The van der Waals surface area contributed by atoms with E-state index < -0.39 is 11.6 Å². The van der Waals surface area contributed by atoms with Crippen LogP contribution in [0.4, 0.5) is 8.78 Å². The zero-order valence-corrected chi connectivity index (χ0v) is 10.5. The number of aliphatic hydroxyl groups is 1. The lowest BCUT2D eigenvalue weighted by Crippen LogP contribution is -2.14. The number of benzene rings is 1. The van der Waals surface area contributed by atoms with E-state index in [1.165, 1.54) is 0 Å².